The van der Waals surface area contributed by atoms with Crippen LogP contribution in [0, 0.1) is 5.92 Å². The van der Waals surface area contributed by atoms with Crippen molar-refractivity contribution in [3.05, 3.63) is 59.3 Å². The molecule has 2 unspecified atom stereocenters. The number of carbonyl (C=O) groups excluding carboxylic acids is 1. The minimum atomic E-state index is 0.0119. The molecule has 1 aliphatic carbocycles. The molecule has 1 fully saturated rings. The Balaban J connectivity index is 1.61. The Labute approximate surface area is 159 Å². The van der Waals surface area contributed by atoms with Crippen LogP contribution in [-0.2, 0) is 13.5 Å². The van der Waals surface area contributed by atoms with E-state index in [0.29, 0.717) is 17.1 Å². The highest BCUT2D eigenvalue weighted by Gasteiger charge is 2.45. The van der Waals surface area contributed by atoms with Crippen LogP contribution in [0.15, 0.2) is 42.5 Å². The van der Waals surface area contributed by atoms with Crippen molar-refractivity contribution >= 4 is 16.7 Å². The van der Waals surface area contributed by atoms with Gasteiger partial charge in [-0.25, -0.2) is 0 Å². The number of hydrogen-bond acceptors (Lipinski definition) is 3. The summed E-state index contributed by atoms with van der Waals surface area (Å²) in [7, 11) is 5.31. The van der Waals surface area contributed by atoms with Gasteiger partial charge in [-0.15, -0.1) is 0 Å². The van der Waals surface area contributed by atoms with Crippen LogP contribution >= 0.6 is 0 Å². The Morgan fingerprint density at radius 3 is 2.63 bits per heavy atom. The Hall–Kier alpha value is -2.75. The average molecular weight is 363 g/mol. The third-order valence-electron chi connectivity index (χ3n) is 5.76. The zero-order valence-corrected chi connectivity index (χ0v) is 16.3. The predicted octanol–water partition coefficient (Wildman–Crippen LogP) is 4.74. The van der Waals surface area contributed by atoms with Gasteiger partial charge in [0.1, 0.15) is 11.5 Å². The van der Waals surface area contributed by atoms with Crippen molar-refractivity contribution in [1.82, 2.24) is 4.57 Å². The fourth-order valence-electron chi connectivity index (χ4n) is 4.05. The molecule has 0 radical (unpaired) electrons. The van der Waals surface area contributed by atoms with Crippen LogP contribution in [0.2, 0.25) is 0 Å². The molecule has 4 rings (SSSR count). The standard InChI is InChI=1S/C23H25NO3/c1-5-16-11-15-10-14(6-8-21(15)24(16)2)18-13-19(18)23(25)20-12-17(26-3)7-9-22(20)27-4/h6-12,18-19H,5,13H2,1-4H3. The molecule has 4 nitrogen and oxygen atoms in total. The molecule has 1 aromatic heterocycles. The van der Waals surface area contributed by atoms with E-state index < -0.39 is 0 Å². The molecule has 3 aromatic rings. The smallest absolute Gasteiger partial charge is 0.170 e. The molecule has 1 saturated carbocycles. The first-order chi connectivity index (χ1) is 13.1. The summed E-state index contributed by atoms with van der Waals surface area (Å²) in [5.41, 5.74) is 4.43. The number of benzene rings is 2. The Bertz CT molecular complexity index is 1020. The number of nitrogens with zero attached hydrogens (tertiary/aromatic N) is 1. The summed E-state index contributed by atoms with van der Waals surface area (Å²) >= 11 is 0. The number of hydrogen-bond donors (Lipinski definition) is 0. The third-order valence-corrected chi connectivity index (χ3v) is 5.76. The minimum absolute atomic E-state index is 0.0119. The molecular weight excluding hydrogens is 338 g/mol. The van der Waals surface area contributed by atoms with Crippen molar-refractivity contribution in [1.29, 1.82) is 0 Å². The number of aryl methyl sites for hydroxylation is 2. The van der Waals surface area contributed by atoms with Gasteiger partial charge in [0.05, 0.1) is 19.8 Å². The number of rotatable bonds is 6. The summed E-state index contributed by atoms with van der Waals surface area (Å²) < 4.78 is 12.9. The number of fused-ring (bicyclic) bond motifs is 1. The molecule has 1 heterocycles. The van der Waals surface area contributed by atoms with E-state index in [0.717, 1.165) is 12.8 Å². The lowest BCUT2D eigenvalue weighted by molar-refractivity contribution is 0.0962. The van der Waals surface area contributed by atoms with E-state index in [1.807, 2.05) is 6.07 Å². The number of carbonyl (C=O) groups is 1. The van der Waals surface area contributed by atoms with E-state index in [9.17, 15) is 4.79 Å². The van der Waals surface area contributed by atoms with Crippen LogP contribution in [-0.4, -0.2) is 24.6 Å². The van der Waals surface area contributed by atoms with Gasteiger partial charge in [0.15, 0.2) is 5.78 Å². The maximum Gasteiger partial charge on any atom is 0.170 e. The lowest BCUT2D eigenvalue weighted by Crippen LogP contribution is -2.06. The second-order valence-corrected chi connectivity index (χ2v) is 7.25. The van der Waals surface area contributed by atoms with Gasteiger partial charge in [-0.1, -0.05) is 13.0 Å². The second kappa shape index (κ2) is 6.76. The molecule has 0 N–H and O–H groups in total. The highest BCUT2D eigenvalue weighted by molar-refractivity contribution is 6.03. The van der Waals surface area contributed by atoms with Crippen LogP contribution < -0.4 is 9.47 Å². The monoisotopic (exact) mass is 363 g/mol. The molecule has 140 valence electrons. The van der Waals surface area contributed by atoms with E-state index in [1.54, 1.807) is 26.4 Å². The fraction of sp³-hybridized carbons (Fsp3) is 0.348. The molecule has 4 heteroatoms. The second-order valence-electron chi connectivity index (χ2n) is 7.25. The molecule has 0 spiro atoms. The fourth-order valence-corrected chi connectivity index (χ4v) is 4.05. The van der Waals surface area contributed by atoms with Gasteiger partial charge < -0.3 is 14.0 Å². The summed E-state index contributed by atoms with van der Waals surface area (Å²) in [6.07, 6.45) is 1.90. The molecule has 0 bridgehead atoms. The lowest BCUT2D eigenvalue weighted by atomic mass is 10.0. The highest BCUT2D eigenvalue weighted by Crippen LogP contribution is 2.50. The van der Waals surface area contributed by atoms with Gasteiger partial charge in [-0.2, -0.15) is 0 Å². The number of aromatic nitrogens is 1. The molecule has 0 aliphatic heterocycles. The maximum absolute atomic E-state index is 13.1. The van der Waals surface area contributed by atoms with Gasteiger partial charge in [0, 0.05) is 29.6 Å². The van der Waals surface area contributed by atoms with Gasteiger partial charge in [-0.3, -0.25) is 4.79 Å². The van der Waals surface area contributed by atoms with Crippen molar-refractivity contribution in [2.24, 2.45) is 13.0 Å². The largest absolute Gasteiger partial charge is 0.497 e. The molecular formula is C23H25NO3. The van der Waals surface area contributed by atoms with Crippen LogP contribution in [0.4, 0.5) is 0 Å². The van der Waals surface area contributed by atoms with Crippen molar-refractivity contribution in [3.63, 3.8) is 0 Å². The van der Waals surface area contributed by atoms with Crippen LogP contribution in [0.3, 0.4) is 0 Å². The van der Waals surface area contributed by atoms with Gasteiger partial charge in [-0.05, 0) is 60.7 Å². The van der Waals surface area contributed by atoms with Crippen molar-refractivity contribution < 1.29 is 14.3 Å². The summed E-state index contributed by atoms with van der Waals surface area (Å²) in [5.74, 6) is 1.71. The van der Waals surface area contributed by atoms with Gasteiger partial charge >= 0.3 is 0 Å². The van der Waals surface area contributed by atoms with E-state index in [2.05, 4.69) is 42.8 Å². The lowest BCUT2D eigenvalue weighted by Gasteiger charge is -2.10. The van der Waals surface area contributed by atoms with E-state index in [4.69, 9.17) is 9.47 Å². The van der Waals surface area contributed by atoms with Crippen LogP contribution in [0.1, 0.15) is 40.9 Å². The molecule has 2 atom stereocenters. The van der Waals surface area contributed by atoms with Crippen molar-refractivity contribution in [2.45, 2.75) is 25.7 Å². The molecule has 0 saturated heterocycles. The topological polar surface area (TPSA) is 40.5 Å². The average Bonchev–Trinajstić information content (AvgIpc) is 3.44. The summed E-state index contributed by atoms with van der Waals surface area (Å²) in [5, 5.41) is 1.25. The van der Waals surface area contributed by atoms with Crippen molar-refractivity contribution in [2.75, 3.05) is 14.2 Å². The number of Topliss-reactive ketones (excluding diaryl/α,β-unsaturated/α-hetero) is 1. The molecule has 1 aliphatic rings. The normalized spacial score (nSPS) is 18.5. The first kappa shape index (κ1) is 17.7. The summed E-state index contributed by atoms with van der Waals surface area (Å²) in [6, 6.07) is 14.2. The molecule has 27 heavy (non-hydrogen) atoms. The maximum atomic E-state index is 13.1. The molecule has 0 amide bonds. The number of ether oxygens (including phenoxy) is 2. The number of ketones is 1. The Morgan fingerprint density at radius 1 is 1.11 bits per heavy atom. The first-order valence-electron chi connectivity index (χ1n) is 9.41. The highest BCUT2D eigenvalue weighted by atomic mass is 16.5. The van der Waals surface area contributed by atoms with Crippen LogP contribution in [0.25, 0.3) is 10.9 Å². The first-order valence-corrected chi connectivity index (χ1v) is 9.41. The van der Waals surface area contributed by atoms with E-state index in [1.165, 1.54) is 22.2 Å². The Morgan fingerprint density at radius 2 is 1.93 bits per heavy atom. The van der Waals surface area contributed by atoms with Gasteiger partial charge in [0.25, 0.3) is 0 Å². The Kier molecular flexibility index (Phi) is 4.42. The predicted molar refractivity (Wildman–Crippen MR) is 107 cm³/mol. The zero-order valence-electron chi connectivity index (χ0n) is 16.3. The quantitative estimate of drug-likeness (QED) is 0.594. The minimum Gasteiger partial charge on any atom is -0.497 e. The SMILES string of the molecule is CCc1cc2cc(C3CC3C(=O)c3cc(OC)ccc3OC)ccc2n1C. The van der Waals surface area contributed by atoms with Gasteiger partial charge in [0.2, 0.25) is 0 Å². The molecule has 2 aromatic carbocycles. The van der Waals surface area contributed by atoms with Crippen LogP contribution in [0.5, 0.6) is 11.5 Å². The van der Waals surface area contributed by atoms with E-state index in [-0.39, 0.29) is 17.6 Å². The van der Waals surface area contributed by atoms with E-state index >= 15 is 0 Å². The summed E-state index contributed by atoms with van der Waals surface area (Å²) in [4.78, 5) is 13.1. The summed E-state index contributed by atoms with van der Waals surface area (Å²) in [6.45, 7) is 2.17. The zero-order chi connectivity index (χ0) is 19.1. The number of methoxy groups -OCH3 is 2. The third kappa shape index (κ3) is 2.99. The van der Waals surface area contributed by atoms with Crippen molar-refractivity contribution in [3.8, 4) is 11.5 Å².